The third kappa shape index (κ3) is 2.27. The van der Waals surface area contributed by atoms with Crippen molar-refractivity contribution in [3.8, 4) is 5.69 Å². The normalized spacial score (nSPS) is 10.8. The van der Waals surface area contributed by atoms with Gasteiger partial charge in [0.15, 0.2) is 0 Å². The highest BCUT2D eigenvalue weighted by Crippen LogP contribution is 2.16. The quantitative estimate of drug-likeness (QED) is 0.665. The van der Waals surface area contributed by atoms with Crippen LogP contribution in [-0.2, 0) is 6.42 Å². The fraction of sp³-hybridized carbons (Fsp3) is 0.125. The maximum absolute atomic E-state index is 4.51. The van der Waals surface area contributed by atoms with E-state index in [0.717, 1.165) is 23.1 Å². The summed E-state index contributed by atoms with van der Waals surface area (Å²) in [6.07, 6.45) is 2.76. The number of rotatable bonds is 3. The average molecular weight is 249 g/mol. The standard InChI is InChI=1S/C16H15N3/c1-3-6-13-9-12(2)10-14(11-13)19-17-15-7-4-5-8-16(15)18-19/h3-5,7-11H,1,6H2,2H3. The van der Waals surface area contributed by atoms with E-state index in [2.05, 4.69) is 41.9 Å². The van der Waals surface area contributed by atoms with Crippen molar-refractivity contribution in [1.82, 2.24) is 15.0 Å². The van der Waals surface area contributed by atoms with Gasteiger partial charge in [0, 0.05) is 0 Å². The molecule has 0 saturated carbocycles. The summed E-state index contributed by atoms with van der Waals surface area (Å²) in [6, 6.07) is 14.2. The van der Waals surface area contributed by atoms with Crippen molar-refractivity contribution in [2.24, 2.45) is 0 Å². The number of hydrogen-bond acceptors (Lipinski definition) is 2. The molecule has 0 atom stereocenters. The maximum Gasteiger partial charge on any atom is 0.113 e. The zero-order valence-electron chi connectivity index (χ0n) is 10.9. The Morgan fingerprint density at radius 3 is 2.42 bits per heavy atom. The highest BCUT2D eigenvalue weighted by atomic mass is 15.5. The number of aromatic nitrogens is 3. The monoisotopic (exact) mass is 249 g/mol. The van der Waals surface area contributed by atoms with Crippen molar-refractivity contribution in [3.05, 3.63) is 66.2 Å². The first-order valence-corrected chi connectivity index (χ1v) is 6.30. The fourth-order valence-electron chi connectivity index (χ4n) is 2.22. The number of nitrogens with zero attached hydrogens (tertiary/aromatic N) is 3. The summed E-state index contributed by atoms with van der Waals surface area (Å²) in [5, 5.41) is 9.01. The Morgan fingerprint density at radius 2 is 1.79 bits per heavy atom. The van der Waals surface area contributed by atoms with Gasteiger partial charge in [0.1, 0.15) is 11.0 Å². The van der Waals surface area contributed by atoms with Gasteiger partial charge in [-0.15, -0.1) is 16.8 Å². The molecule has 0 unspecified atom stereocenters. The van der Waals surface area contributed by atoms with Crippen molar-refractivity contribution in [2.75, 3.05) is 0 Å². The van der Waals surface area contributed by atoms with Gasteiger partial charge in [-0.1, -0.05) is 24.3 Å². The first-order chi connectivity index (χ1) is 9.26. The van der Waals surface area contributed by atoms with Gasteiger partial charge in [-0.25, -0.2) is 0 Å². The van der Waals surface area contributed by atoms with Crippen molar-refractivity contribution in [3.63, 3.8) is 0 Å². The van der Waals surface area contributed by atoms with Gasteiger partial charge in [0.05, 0.1) is 5.69 Å². The largest absolute Gasteiger partial charge is 0.150 e. The zero-order valence-corrected chi connectivity index (χ0v) is 10.9. The van der Waals surface area contributed by atoms with Gasteiger partial charge in [-0.2, -0.15) is 4.80 Å². The minimum atomic E-state index is 0.857. The fourth-order valence-corrected chi connectivity index (χ4v) is 2.22. The Balaban J connectivity index is 2.12. The van der Waals surface area contributed by atoms with Gasteiger partial charge >= 0.3 is 0 Å². The second-order valence-electron chi connectivity index (χ2n) is 4.65. The van der Waals surface area contributed by atoms with E-state index in [-0.39, 0.29) is 0 Å². The molecule has 0 N–H and O–H groups in total. The molecule has 19 heavy (non-hydrogen) atoms. The summed E-state index contributed by atoms with van der Waals surface area (Å²) in [4.78, 5) is 1.70. The summed E-state index contributed by atoms with van der Waals surface area (Å²) < 4.78 is 0. The molecule has 0 aliphatic heterocycles. The van der Waals surface area contributed by atoms with Gasteiger partial charge in [-0.3, -0.25) is 0 Å². The van der Waals surface area contributed by atoms with Crippen LogP contribution in [0, 0.1) is 6.92 Å². The molecule has 3 rings (SSSR count). The lowest BCUT2D eigenvalue weighted by Gasteiger charge is -2.05. The smallest absolute Gasteiger partial charge is 0.113 e. The van der Waals surface area contributed by atoms with Crippen LogP contribution in [-0.4, -0.2) is 15.0 Å². The number of hydrogen-bond donors (Lipinski definition) is 0. The summed E-state index contributed by atoms with van der Waals surface area (Å²) in [5.74, 6) is 0. The summed E-state index contributed by atoms with van der Waals surface area (Å²) in [6.45, 7) is 5.87. The van der Waals surface area contributed by atoms with Crippen LogP contribution in [0.1, 0.15) is 11.1 Å². The van der Waals surface area contributed by atoms with Gasteiger partial charge in [0.2, 0.25) is 0 Å². The van der Waals surface area contributed by atoms with Gasteiger partial charge in [0.25, 0.3) is 0 Å². The third-order valence-corrected chi connectivity index (χ3v) is 3.02. The third-order valence-electron chi connectivity index (χ3n) is 3.02. The number of benzene rings is 2. The van der Waals surface area contributed by atoms with Crippen LogP contribution in [0.5, 0.6) is 0 Å². The predicted octanol–water partition coefficient (Wildman–Crippen LogP) is 3.46. The first kappa shape index (κ1) is 11.7. The Morgan fingerprint density at radius 1 is 1.11 bits per heavy atom. The van der Waals surface area contributed by atoms with E-state index < -0.39 is 0 Å². The molecule has 1 aromatic heterocycles. The number of allylic oxidation sites excluding steroid dienone is 1. The molecule has 3 heteroatoms. The van der Waals surface area contributed by atoms with E-state index in [1.807, 2.05) is 30.3 Å². The lowest BCUT2D eigenvalue weighted by molar-refractivity contribution is 0.763. The Bertz CT molecular complexity index is 708. The molecule has 0 amide bonds. The van der Waals surface area contributed by atoms with E-state index in [4.69, 9.17) is 0 Å². The van der Waals surface area contributed by atoms with Gasteiger partial charge < -0.3 is 0 Å². The van der Waals surface area contributed by atoms with E-state index in [0.29, 0.717) is 0 Å². The predicted molar refractivity (Wildman–Crippen MR) is 77.5 cm³/mol. The van der Waals surface area contributed by atoms with Crippen LogP contribution < -0.4 is 0 Å². The average Bonchev–Trinajstić information content (AvgIpc) is 2.82. The molecule has 3 aromatic rings. The summed E-state index contributed by atoms with van der Waals surface area (Å²) in [7, 11) is 0. The van der Waals surface area contributed by atoms with Crippen LogP contribution in [0.25, 0.3) is 16.7 Å². The number of aryl methyl sites for hydroxylation is 1. The van der Waals surface area contributed by atoms with Crippen LogP contribution in [0.4, 0.5) is 0 Å². The molecule has 0 aliphatic rings. The van der Waals surface area contributed by atoms with Crippen LogP contribution in [0.15, 0.2) is 55.1 Å². The lowest BCUT2D eigenvalue weighted by atomic mass is 10.1. The molecule has 0 saturated heterocycles. The minimum Gasteiger partial charge on any atom is -0.150 e. The topological polar surface area (TPSA) is 30.7 Å². The van der Waals surface area contributed by atoms with E-state index >= 15 is 0 Å². The van der Waals surface area contributed by atoms with Crippen LogP contribution in [0.3, 0.4) is 0 Å². The molecule has 3 nitrogen and oxygen atoms in total. The molecule has 0 radical (unpaired) electrons. The highest BCUT2D eigenvalue weighted by molar-refractivity contribution is 5.73. The van der Waals surface area contributed by atoms with E-state index in [9.17, 15) is 0 Å². The lowest BCUT2D eigenvalue weighted by Crippen LogP contribution is -2.00. The molecule has 94 valence electrons. The molecular formula is C16H15N3. The Labute approximate surface area is 112 Å². The number of fused-ring (bicyclic) bond motifs is 1. The molecule has 0 spiro atoms. The molecule has 0 bridgehead atoms. The second kappa shape index (κ2) is 4.69. The zero-order chi connectivity index (χ0) is 13.2. The Kier molecular flexibility index (Phi) is 2.88. The summed E-state index contributed by atoms with van der Waals surface area (Å²) >= 11 is 0. The molecule has 0 aliphatic carbocycles. The SMILES string of the molecule is C=CCc1cc(C)cc(-n2nc3ccccc3n2)c1. The minimum absolute atomic E-state index is 0.857. The second-order valence-corrected chi connectivity index (χ2v) is 4.65. The van der Waals surface area contributed by atoms with Gasteiger partial charge in [-0.05, 0) is 48.7 Å². The van der Waals surface area contributed by atoms with Crippen LogP contribution in [0.2, 0.25) is 0 Å². The maximum atomic E-state index is 4.51. The van der Waals surface area contributed by atoms with Crippen molar-refractivity contribution in [1.29, 1.82) is 0 Å². The summed E-state index contributed by atoms with van der Waals surface area (Å²) in [5.41, 5.74) is 5.25. The molecule has 1 heterocycles. The molecule has 0 fully saturated rings. The first-order valence-electron chi connectivity index (χ1n) is 6.30. The molecule has 2 aromatic carbocycles. The van der Waals surface area contributed by atoms with E-state index in [1.165, 1.54) is 11.1 Å². The highest BCUT2D eigenvalue weighted by Gasteiger charge is 2.05. The van der Waals surface area contributed by atoms with Crippen molar-refractivity contribution in [2.45, 2.75) is 13.3 Å². The van der Waals surface area contributed by atoms with Crippen molar-refractivity contribution < 1.29 is 0 Å². The van der Waals surface area contributed by atoms with Crippen molar-refractivity contribution >= 4 is 11.0 Å². The molecular weight excluding hydrogens is 234 g/mol. The van der Waals surface area contributed by atoms with Crippen LogP contribution >= 0.6 is 0 Å². The van der Waals surface area contributed by atoms with E-state index in [1.54, 1.807) is 4.80 Å². The Hall–Kier alpha value is -2.42.